The third-order valence-electron chi connectivity index (χ3n) is 2.78. The lowest BCUT2D eigenvalue weighted by atomic mass is 10.1. The van der Waals surface area contributed by atoms with Gasteiger partial charge in [0.05, 0.1) is 5.69 Å². The number of aromatic nitrogens is 4. The summed E-state index contributed by atoms with van der Waals surface area (Å²) in [5, 5.41) is 7.17. The molecule has 5 heteroatoms. The molecule has 1 N–H and O–H groups in total. The maximum absolute atomic E-state index is 12.8. The van der Waals surface area contributed by atoms with Crippen LogP contribution in [0.5, 0.6) is 0 Å². The van der Waals surface area contributed by atoms with E-state index in [0.29, 0.717) is 6.42 Å². The summed E-state index contributed by atoms with van der Waals surface area (Å²) in [5.74, 6) is -0.227. The Labute approximate surface area is 109 Å². The van der Waals surface area contributed by atoms with Crippen molar-refractivity contribution in [2.24, 2.45) is 0 Å². The maximum atomic E-state index is 12.8. The molecule has 0 unspecified atom stereocenters. The van der Waals surface area contributed by atoms with E-state index >= 15 is 0 Å². The first-order valence-electron chi connectivity index (χ1n) is 5.86. The number of rotatable bonds is 3. The van der Waals surface area contributed by atoms with Crippen molar-refractivity contribution in [3.05, 3.63) is 66.0 Å². The average Bonchev–Trinajstić information content (AvgIpc) is 2.91. The Balaban J connectivity index is 1.80. The Hall–Kier alpha value is -2.56. The van der Waals surface area contributed by atoms with Crippen molar-refractivity contribution in [1.82, 2.24) is 20.2 Å². The van der Waals surface area contributed by atoms with E-state index in [1.54, 1.807) is 24.4 Å². The van der Waals surface area contributed by atoms with Crippen LogP contribution in [0.4, 0.5) is 4.39 Å². The lowest BCUT2D eigenvalue weighted by Gasteiger charge is -1.97. The van der Waals surface area contributed by atoms with Crippen LogP contribution in [-0.4, -0.2) is 20.2 Å². The Bertz CT molecular complexity index is 661. The topological polar surface area (TPSA) is 54.5 Å². The highest BCUT2D eigenvalue weighted by Gasteiger charge is 2.05. The predicted octanol–water partition coefficient (Wildman–Crippen LogP) is 2.60. The van der Waals surface area contributed by atoms with Gasteiger partial charge in [-0.3, -0.25) is 5.10 Å². The van der Waals surface area contributed by atoms with E-state index in [0.717, 1.165) is 22.6 Å². The fourth-order valence-electron chi connectivity index (χ4n) is 1.85. The van der Waals surface area contributed by atoms with Gasteiger partial charge < -0.3 is 0 Å². The second-order valence-electron chi connectivity index (χ2n) is 4.18. The number of nitrogens with one attached hydrogen (secondary N) is 1. The van der Waals surface area contributed by atoms with E-state index in [4.69, 9.17) is 0 Å². The molecule has 94 valence electrons. The highest BCUT2D eigenvalue weighted by molar-refractivity contribution is 5.53. The molecule has 0 aliphatic carbocycles. The van der Waals surface area contributed by atoms with Crippen molar-refractivity contribution in [3.8, 4) is 11.4 Å². The number of hydrogen-bond donors (Lipinski definition) is 1. The molecule has 0 radical (unpaired) electrons. The van der Waals surface area contributed by atoms with Crippen molar-refractivity contribution >= 4 is 0 Å². The van der Waals surface area contributed by atoms with Crippen LogP contribution in [0.3, 0.4) is 0 Å². The summed E-state index contributed by atoms with van der Waals surface area (Å²) in [6.07, 6.45) is 3.85. The van der Waals surface area contributed by atoms with Crippen molar-refractivity contribution < 1.29 is 4.39 Å². The molecule has 0 aliphatic heterocycles. The molecule has 0 fully saturated rings. The van der Waals surface area contributed by atoms with Crippen molar-refractivity contribution in [3.63, 3.8) is 0 Å². The summed E-state index contributed by atoms with van der Waals surface area (Å²) in [7, 11) is 0. The minimum atomic E-state index is -0.227. The quantitative estimate of drug-likeness (QED) is 0.781. The number of aromatic amines is 1. The second kappa shape index (κ2) is 4.97. The zero-order valence-corrected chi connectivity index (χ0v) is 10.0. The monoisotopic (exact) mass is 254 g/mol. The maximum Gasteiger partial charge on any atom is 0.123 e. The molecule has 0 saturated carbocycles. The van der Waals surface area contributed by atoms with Gasteiger partial charge >= 0.3 is 0 Å². The largest absolute Gasteiger partial charge is 0.282 e. The van der Waals surface area contributed by atoms with Gasteiger partial charge in [0.2, 0.25) is 0 Å². The number of hydrogen-bond acceptors (Lipinski definition) is 3. The van der Waals surface area contributed by atoms with Gasteiger partial charge in [-0.2, -0.15) is 5.10 Å². The van der Waals surface area contributed by atoms with Gasteiger partial charge in [0, 0.05) is 18.3 Å². The number of halogens is 1. The molecule has 1 aromatic carbocycles. The van der Waals surface area contributed by atoms with Gasteiger partial charge in [-0.05, 0) is 29.8 Å². The summed E-state index contributed by atoms with van der Waals surface area (Å²) in [5.41, 5.74) is 3.54. The minimum Gasteiger partial charge on any atom is -0.282 e. The van der Waals surface area contributed by atoms with Crippen LogP contribution in [0.1, 0.15) is 11.3 Å². The molecule has 4 nitrogen and oxygen atoms in total. The van der Waals surface area contributed by atoms with E-state index in [1.165, 1.54) is 18.5 Å². The minimum absolute atomic E-state index is 0.227. The van der Waals surface area contributed by atoms with Crippen LogP contribution in [-0.2, 0) is 6.42 Å². The van der Waals surface area contributed by atoms with E-state index < -0.39 is 0 Å². The molecule has 3 aromatic rings. The third-order valence-corrected chi connectivity index (χ3v) is 2.78. The van der Waals surface area contributed by atoms with Gasteiger partial charge in [-0.25, -0.2) is 14.4 Å². The predicted molar refractivity (Wildman–Crippen MR) is 68.8 cm³/mol. The molecule has 0 spiro atoms. The zero-order valence-electron chi connectivity index (χ0n) is 10.0. The molecular formula is C14H11FN4. The summed E-state index contributed by atoms with van der Waals surface area (Å²) < 4.78 is 12.8. The van der Waals surface area contributed by atoms with Gasteiger partial charge in [0.25, 0.3) is 0 Å². The average molecular weight is 254 g/mol. The highest BCUT2D eigenvalue weighted by atomic mass is 19.1. The van der Waals surface area contributed by atoms with Crippen molar-refractivity contribution in [1.29, 1.82) is 0 Å². The highest BCUT2D eigenvalue weighted by Crippen LogP contribution is 2.16. The second-order valence-corrected chi connectivity index (χ2v) is 4.18. The number of H-pyrrole nitrogens is 1. The smallest absolute Gasteiger partial charge is 0.123 e. The normalized spacial score (nSPS) is 10.6. The van der Waals surface area contributed by atoms with Crippen LogP contribution in [0.15, 0.2) is 48.9 Å². The van der Waals surface area contributed by atoms with E-state index in [2.05, 4.69) is 20.2 Å². The van der Waals surface area contributed by atoms with Gasteiger partial charge in [-0.1, -0.05) is 12.1 Å². The summed E-state index contributed by atoms with van der Waals surface area (Å²) in [6.45, 7) is 0. The standard InChI is InChI=1S/C14H11FN4/c15-11-3-1-10(2-4-11)7-12-8-14(19-18-12)13-5-6-16-9-17-13/h1-6,8-9H,7H2,(H,18,19). The van der Waals surface area contributed by atoms with E-state index in [9.17, 15) is 4.39 Å². The van der Waals surface area contributed by atoms with Gasteiger partial charge in [-0.15, -0.1) is 0 Å². The van der Waals surface area contributed by atoms with Crippen LogP contribution in [0, 0.1) is 5.82 Å². The van der Waals surface area contributed by atoms with Crippen LogP contribution in [0.2, 0.25) is 0 Å². The summed E-state index contributed by atoms with van der Waals surface area (Å²) in [6, 6.07) is 10.2. The Kier molecular flexibility index (Phi) is 3.02. The van der Waals surface area contributed by atoms with E-state index in [-0.39, 0.29) is 5.82 Å². The molecule has 0 aliphatic rings. The van der Waals surface area contributed by atoms with Gasteiger partial charge in [0.15, 0.2) is 0 Å². The third kappa shape index (κ3) is 2.65. The summed E-state index contributed by atoms with van der Waals surface area (Å²) >= 11 is 0. The molecule has 3 rings (SSSR count). The molecular weight excluding hydrogens is 243 g/mol. The molecule has 0 bridgehead atoms. The first-order chi connectivity index (χ1) is 9.31. The Morgan fingerprint density at radius 2 is 1.89 bits per heavy atom. The zero-order chi connectivity index (χ0) is 13.1. The SMILES string of the molecule is Fc1ccc(Cc2cc(-c3ccncn3)n[nH]2)cc1. The lowest BCUT2D eigenvalue weighted by Crippen LogP contribution is -1.88. The number of benzene rings is 1. The summed E-state index contributed by atoms with van der Waals surface area (Å²) in [4.78, 5) is 8.01. The van der Waals surface area contributed by atoms with Crippen molar-refractivity contribution in [2.75, 3.05) is 0 Å². The molecule has 0 saturated heterocycles. The molecule has 0 amide bonds. The first kappa shape index (κ1) is 11.5. The number of nitrogens with zero attached hydrogens (tertiary/aromatic N) is 3. The molecule has 2 heterocycles. The fourth-order valence-corrected chi connectivity index (χ4v) is 1.85. The fraction of sp³-hybridized carbons (Fsp3) is 0.0714. The van der Waals surface area contributed by atoms with Crippen molar-refractivity contribution in [2.45, 2.75) is 6.42 Å². The molecule has 19 heavy (non-hydrogen) atoms. The molecule has 2 aromatic heterocycles. The van der Waals surface area contributed by atoms with Crippen LogP contribution in [0.25, 0.3) is 11.4 Å². The van der Waals surface area contributed by atoms with E-state index in [1.807, 2.05) is 6.07 Å². The Morgan fingerprint density at radius 3 is 2.63 bits per heavy atom. The lowest BCUT2D eigenvalue weighted by molar-refractivity contribution is 0.627. The van der Waals surface area contributed by atoms with Gasteiger partial charge in [0.1, 0.15) is 17.8 Å². The Morgan fingerprint density at radius 1 is 1.05 bits per heavy atom. The molecule has 0 atom stereocenters. The van der Waals surface area contributed by atoms with Crippen LogP contribution >= 0.6 is 0 Å². The van der Waals surface area contributed by atoms with Crippen LogP contribution < -0.4 is 0 Å². The first-order valence-corrected chi connectivity index (χ1v) is 5.86.